The van der Waals surface area contributed by atoms with Crippen LogP contribution < -0.4 is 10.5 Å². The van der Waals surface area contributed by atoms with Crippen LogP contribution in [0.1, 0.15) is 24.9 Å². The normalized spacial score (nSPS) is 12.6. The zero-order chi connectivity index (χ0) is 13.0. The van der Waals surface area contributed by atoms with E-state index in [1.165, 1.54) is 0 Å². The molecule has 0 fully saturated rings. The Hall–Kier alpha value is -1.61. The molecule has 1 atom stereocenters. The molecule has 0 spiro atoms. The van der Waals surface area contributed by atoms with Crippen LogP contribution in [0.25, 0.3) is 10.8 Å². The van der Waals surface area contributed by atoms with Crippen molar-refractivity contribution in [2.75, 3.05) is 13.3 Å². The largest absolute Gasteiger partial charge is 0.492 e. The first-order chi connectivity index (χ1) is 8.74. The first kappa shape index (κ1) is 12.8. The maximum atomic E-state index is 12.2. The summed E-state index contributed by atoms with van der Waals surface area (Å²) < 4.78 is 17.9. The van der Waals surface area contributed by atoms with Crippen molar-refractivity contribution in [2.45, 2.75) is 19.4 Å². The van der Waals surface area contributed by atoms with E-state index in [-0.39, 0.29) is 12.7 Å². The first-order valence-electron chi connectivity index (χ1n) is 6.20. The number of hydrogen-bond acceptors (Lipinski definition) is 2. The number of benzene rings is 2. The monoisotopic (exact) mass is 247 g/mol. The van der Waals surface area contributed by atoms with Crippen molar-refractivity contribution in [1.29, 1.82) is 0 Å². The Balaban J connectivity index is 2.45. The van der Waals surface area contributed by atoms with Crippen molar-refractivity contribution in [3.63, 3.8) is 0 Å². The van der Waals surface area contributed by atoms with Crippen LogP contribution in [0.2, 0.25) is 0 Å². The van der Waals surface area contributed by atoms with Gasteiger partial charge in [-0.3, -0.25) is 4.39 Å². The van der Waals surface area contributed by atoms with Gasteiger partial charge in [-0.15, -0.1) is 0 Å². The van der Waals surface area contributed by atoms with Crippen LogP contribution in [0, 0.1) is 0 Å². The minimum Gasteiger partial charge on any atom is -0.492 e. The number of fused-ring (bicyclic) bond motifs is 1. The Morgan fingerprint density at radius 1 is 1.22 bits per heavy atom. The van der Waals surface area contributed by atoms with Crippen LogP contribution in [0.3, 0.4) is 0 Å². The van der Waals surface area contributed by atoms with E-state index in [2.05, 4.69) is 0 Å². The van der Waals surface area contributed by atoms with Crippen LogP contribution in [-0.4, -0.2) is 13.3 Å². The fraction of sp³-hybridized carbons (Fsp3) is 0.333. The summed E-state index contributed by atoms with van der Waals surface area (Å²) >= 11 is 0. The molecule has 3 heteroatoms. The van der Waals surface area contributed by atoms with E-state index in [4.69, 9.17) is 10.5 Å². The van der Waals surface area contributed by atoms with Crippen LogP contribution in [0.4, 0.5) is 4.39 Å². The number of hydrogen-bond donors (Lipinski definition) is 1. The minimum absolute atomic E-state index is 0.102. The molecule has 0 radical (unpaired) electrons. The fourth-order valence-electron chi connectivity index (χ4n) is 2.01. The van der Waals surface area contributed by atoms with Crippen molar-refractivity contribution in [3.8, 4) is 5.75 Å². The van der Waals surface area contributed by atoms with E-state index >= 15 is 0 Å². The molecule has 2 rings (SSSR count). The quantitative estimate of drug-likeness (QED) is 0.819. The van der Waals surface area contributed by atoms with Crippen molar-refractivity contribution in [2.24, 2.45) is 5.73 Å². The molecule has 0 aliphatic rings. The molecule has 0 amide bonds. The Morgan fingerprint density at radius 3 is 2.72 bits per heavy atom. The van der Waals surface area contributed by atoms with Gasteiger partial charge in [-0.05, 0) is 12.3 Å². The maximum absolute atomic E-state index is 12.2. The molecule has 0 aromatic heterocycles. The van der Waals surface area contributed by atoms with Gasteiger partial charge in [-0.1, -0.05) is 36.4 Å². The lowest BCUT2D eigenvalue weighted by molar-refractivity contribution is 0.289. The second kappa shape index (κ2) is 5.83. The molecular formula is C15H18FNO. The molecule has 0 heterocycles. The second-order valence-electron chi connectivity index (χ2n) is 4.38. The number of alkyl halides is 1. The molecule has 0 saturated heterocycles. The number of ether oxygens (including phenoxy) is 1. The summed E-state index contributed by atoms with van der Waals surface area (Å²) in [5.74, 6) is 0.788. The molecule has 18 heavy (non-hydrogen) atoms. The predicted molar refractivity (Wildman–Crippen MR) is 72.6 cm³/mol. The Bertz CT molecular complexity index is 525. The van der Waals surface area contributed by atoms with E-state index in [0.717, 1.165) is 22.1 Å². The third-order valence-corrected chi connectivity index (χ3v) is 2.92. The van der Waals surface area contributed by atoms with E-state index < -0.39 is 0 Å². The molecule has 96 valence electrons. The van der Waals surface area contributed by atoms with Gasteiger partial charge in [-0.25, -0.2) is 0 Å². The third-order valence-electron chi connectivity index (χ3n) is 2.92. The molecule has 0 saturated carbocycles. The number of nitrogens with two attached hydrogens (primary N) is 1. The van der Waals surface area contributed by atoms with Crippen molar-refractivity contribution < 1.29 is 9.13 Å². The summed E-state index contributed by atoms with van der Waals surface area (Å²) in [6, 6.07) is 11.9. The Morgan fingerprint density at radius 2 is 2.00 bits per heavy atom. The van der Waals surface area contributed by atoms with E-state index in [1.54, 1.807) is 0 Å². The summed E-state index contributed by atoms with van der Waals surface area (Å²) in [4.78, 5) is 0. The molecule has 2 nitrogen and oxygen atoms in total. The second-order valence-corrected chi connectivity index (χ2v) is 4.38. The molecule has 0 bridgehead atoms. The average Bonchev–Trinajstić information content (AvgIpc) is 2.38. The number of rotatable bonds is 5. The highest BCUT2D eigenvalue weighted by Gasteiger charge is 2.11. The lowest BCUT2D eigenvalue weighted by Gasteiger charge is -2.16. The Kier molecular flexibility index (Phi) is 4.15. The summed E-state index contributed by atoms with van der Waals surface area (Å²) in [7, 11) is 0. The standard InChI is InChI=1S/C15H18FNO/c1-11(17)13-8-7-12-5-2-3-6-14(12)15(13)18-10-4-9-16/h2-3,5-8,11H,4,9-10,17H2,1H3. The van der Waals surface area contributed by atoms with Gasteiger partial charge in [0.15, 0.2) is 0 Å². The van der Waals surface area contributed by atoms with Gasteiger partial charge < -0.3 is 10.5 Å². The van der Waals surface area contributed by atoms with Crippen molar-refractivity contribution >= 4 is 10.8 Å². The number of halogens is 1. The predicted octanol–water partition coefficient (Wildman–Crippen LogP) is 3.60. The first-order valence-corrected chi connectivity index (χ1v) is 6.20. The van der Waals surface area contributed by atoms with Gasteiger partial charge >= 0.3 is 0 Å². The zero-order valence-corrected chi connectivity index (χ0v) is 10.5. The SMILES string of the molecule is CC(N)c1ccc2ccccc2c1OCCCF. The van der Waals surface area contributed by atoms with Crippen LogP contribution >= 0.6 is 0 Å². The lowest BCUT2D eigenvalue weighted by atomic mass is 10.0. The smallest absolute Gasteiger partial charge is 0.131 e. The Labute approximate surface area is 107 Å². The summed E-state index contributed by atoms with van der Waals surface area (Å²) in [5, 5.41) is 2.14. The van der Waals surface area contributed by atoms with Gasteiger partial charge in [0.05, 0.1) is 13.3 Å². The van der Waals surface area contributed by atoms with Gasteiger partial charge in [0, 0.05) is 23.4 Å². The van der Waals surface area contributed by atoms with Gasteiger partial charge in [0.2, 0.25) is 0 Å². The van der Waals surface area contributed by atoms with Gasteiger partial charge in [0.1, 0.15) is 5.75 Å². The lowest BCUT2D eigenvalue weighted by Crippen LogP contribution is -2.09. The van der Waals surface area contributed by atoms with Gasteiger partial charge in [-0.2, -0.15) is 0 Å². The molecule has 0 aliphatic carbocycles. The van der Waals surface area contributed by atoms with Crippen molar-refractivity contribution in [1.82, 2.24) is 0 Å². The van der Waals surface area contributed by atoms with E-state index in [1.807, 2.05) is 43.3 Å². The highest BCUT2D eigenvalue weighted by Crippen LogP contribution is 2.32. The minimum atomic E-state index is -0.363. The van der Waals surface area contributed by atoms with E-state index in [9.17, 15) is 4.39 Å². The van der Waals surface area contributed by atoms with Crippen LogP contribution in [0.15, 0.2) is 36.4 Å². The van der Waals surface area contributed by atoms with Gasteiger partial charge in [0.25, 0.3) is 0 Å². The highest BCUT2D eigenvalue weighted by molar-refractivity contribution is 5.89. The summed E-state index contributed by atoms with van der Waals surface area (Å²) in [5.41, 5.74) is 6.92. The summed E-state index contributed by atoms with van der Waals surface area (Å²) in [6.07, 6.45) is 0.404. The topological polar surface area (TPSA) is 35.2 Å². The van der Waals surface area contributed by atoms with Crippen LogP contribution in [-0.2, 0) is 0 Å². The van der Waals surface area contributed by atoms with Crippen LogP contribution in [0.5, 0.6) is 5.75 Å². The molecule has 0 aliphatic heterocycles. The fourth-order valence-corrected chi connectivity index (χ4v) is 2.01. The van der Waals surface area contributed by atoms with E-state index in [0.29, 0.717) is 13.0 Å². The maximum Gasteiger partial charge on any atom is 0.131 e. The molecule has 1 unspecified atom stereocenters. The summed E-state index contributed by atoms with van der Waals surface area (Å²) in [6.45, 7) is 1.94. The average molecular weight is 247 g/mol. The molecule has 2 aromatic rings. The molecule has 2 N–H and O–H groups in total. The van der Waals surface area contributed by atoms with Crippen molar-refractivity contribution in [3.05, 3.63) is 42.0 Å². The molecular weight excluding hydrogens is 229 g/mol. The third kappa shape index (κ3) is 2.62. The molecule has 2 aromatic carbocycles. The highest BCUT2D eigenvalue weighted by atomic mass is 19.1. The zero-order valence-electron chi connectivity index (χ0n) is 10.5.